The standard InChI is InChI=1S/C16H18N2O4S/c1-9-8-13(11(3)23-9)14(19)4-5-15(20)17-18-16(21)12-6-7-22-10(12)2/h6-8H,4-5H2,1-3H3,(H,17,20)(H,18,21). The summed E-state index contributed by atoms with van der Waals surface area (Å²) in [6, 6.07) is 3.35. The van der Waals surface area contributed by atoms with Crippen LogP contribution >= 0.6 is 11.3 Å². The lowest BCUT2D eigenvalue weighted by molar-refractivity contribution is -0.121. The van der Waals surface area contributed by atoms with Crippen molar-refractivity contribution in [1.29, 1.82) is 0 Å². The van der Waals surface area contributed by atoms with Crippen LogP contribution in [0.1, 0.15) is 49.1 Å². The van der Waals surface area contributed by atoms with E-state index in [0.29, 0.717) is 16.9 Å². The number of Topliss-reactive ketones (excluding diaryl/α,β-unsaturated/α-hetero) is 1. The summed E-state index contributed by atoms with van der Waals surface area (Å²) in [5.41, 5.74) is 5.61. The normalized spacial score (nSPS) is 10.4. The van der Waals surface area contributed by atoms with Crippen LogP contribution in [0.15, 0.2) is 22.8 Å². The molecule has 2 amide bonds. The summed E-state index contributed by atoms with van der Waals surface area (Å²) in [6.45, 7) is 5.48. The SMILES string of the molecule is Cc1cc(C(=O)CCC(=O)NNC(=O)c2ccoc2C)c(C)s1. The largest absolute Gasteiger partial charge is 0.469 e. The molecular weight excluding hydrogens is 316 g/mol. The van der Waals surface area contributed by atoms with E-state index in [4.69, 9.17) is 4.42 Å². The maximum absolute atomic E-state index is 12.1. The first-order valence-electron chi connectivity index (χ1n) is 7.12. The summed E-state index contributed by atoms with van der Waals surface area (Å²) in [5.74, 6) is -0.480. The third-order valence-corrected chi connectivity index (χ3v) is 4.31. The summed E-state index contributed by atoms with van der Waals surface area (Å²) in [7, 11) is 0. The number of amides is 2. The van der Waals surface area contributed by atoms with E-state index in [0.717, 1.165) is 9.75 Å². The number of carbonyl (C=O) groups excluding carboxylic acids is 3. The van der Waals surface area contributed by atoms with Crippen LogP contribution in [0, 0.1) is 20.8 Å². The lowest BCUT2D eigenvalue weighted by Crippen LogP contribution is -2.41. The molecule has 0 aromatic carbocycles. The number of rotatable bonds is 5. The second kappa shape index (κ2) is 7.23. The summed E-state index contributed by atoms with van der Waals surface area (Å²) in [6.07, 6.45) is 1.51. The zero-order chi connectivity index (χ0) is 17.0. The number of furan rings is 1. The van der Waals surface area contributed by atoms with Crippen molar-refractivity contribution in [2.75, 3.05) is 0 Å². The Morgan fingerprint density at radius 3 is 2.39 bits per heavy atom. The van der Waals surface area contributed by atoms with Crippen molar-refractivity contribution in [3.8, 4) is 0 Å². The van der Waals surface area contributed by atoms with Gasteiger partial charge in [-0.2, -0.15) is 0 Å². The summed E-state index contributed by atoms with van der Waals surface area (Å²) < 4.78 is 5.02. The van der Waals surface area contributed by atoms with Gasteiger partial charge in [-0.05, 0) is 32.9 Å². The minimum Gasteiger partial charge on any atom is -0.469 e. The molecule has 0 saturated heterocycles. The predicted octanol–water partition coefficient (Wildman–Crippen LogP) is 2.69. The van der Waals surface area contributed by atoms with E-state index < -0.39 is 11.8 Å². The number of aryl methyl sites for hydroxylation is 3. The Labute approximate surface area is 137 Å². The zero-order valence-electron chi connectivity index (χ0n) is 13.2. The van der Waals surface area contributed by atoms with Gasteiger partial charge in [0.05, 0.1) is 11.8 Å². The zero-order valence-corrected chi connectivity index (χ0v) is 14.0. The monoisotopic (exact) mass is 334 g/mol. The third-order valence-electron chi connectivity index (χ3n) is 3.34. The molecule has 0 aliphatic carbocycles. The van der Waals surface area contributed by atoms with Gasteiger partial charge in [0.2, 0.25) is 5.91 Å². The van der Waals surface area contributed by atoms with Crippen molar-refractivity contribution in [1.82, 2.24) is 10.9 Å². The number of hydrogen-bond acceptors (Lipinski definition) is 5. The molecular formula is C16H18N2O4S. The average Bonchev–Trinajstić information content (AvgIpc) is 3.07. The van der Waals surface area contributed by atoms with Crippen LogP contribution in [0.3, 0.4) is 0 Å². The van der Waals surface area contributed by atoms with Gasteiger partial charge in [-0.1, -0.05) is 0 Å². The van der Waals surface area contributed by atoms with E-state index in [1.165, 1.54) is 12.3 Å². The molecule has 23 heavy (non-hydrogen) atoms. The molecule has 2 rings (SSSR count). The van der Waals surface area contributed by atoms with Crippen molar-refractivity contribution >= 4 is 28.9 Å². The minimum atomic E-state index is -0.458. The van der Waals surface area contributed by atoms with Crippen LogP contribution in [-0.2, 0) is 4.79 Å². The van der Waals surface area contributed by atoms with Gasteiger partial charge in [-0.25, -0.2) is 0 Å². The second-order valence-electron chi connectivity index (χ2n) is 5.14. The second-order valence-corrected chi connectivity index (χ2v) is 6.60. The van der Waals surface area contributed by atoms with Gasteiger partial charge in [0.25, 0.3) is 5.91 Å². The Morgan fingerprint density at radius 1 is 1.09 bits per heavy atom. The fourth-order valence-electron chi connectivity index (χ4n) is 2.15. The van der Waals surface area contributed by atoms with Crippen molar-refractivity contribution in [3.05, 3.63) is 45.0 Å². The van der Waals surface area contributed by atoms with Crippen molar-refractivity contribution in [2.24, 2.45) is 0 Å². The summed E-state index contributed by atoms with van der Waals surface area (Å²) in [5, 5.41) is 0. The molecule has 2 aromatic rings. The van der Waals surface area contributed by atoms with Crippen LogP contribution in [0.4, 0.5) is 0 Å². The van der Waals surface area contributed by atoms with E-state index in [1.807, 2.05) is 19.9 Å². The average molecular weight is 334 g/mol. The van der Waals surface area contributed by atoms with Crippen LogP contribution in [-0.4, -0.2) is 17.6 Å². The van der Waals surface area contributed by atoms with Crippen LogP contribution in [0.5, 0.6) is 0 Å². The van der Waals surface area contributed by atoms with Crippen molar-refractivity contribution < 1.29 is 18.8 Å². The summed E-state index contributed by atoms with van der Waals surface area (Å²) in [4.78, 5) is 37.6. The quantitative estimate of drug-likeness (QED) is 0.650. The van der Waals surface area contributed by atoms with Crippen LogP contribution < -0.4 is 10.9 Å². The Bertz CT molecular complexity index is 745. The maximum Gasteiger partial charge on any atom is 0.273 e. The molecule has 0 aliphatic heterocycles. The molecule has 0 spiro atoms. The van der Waals surface area contributed by atoms with Gasteiger partial charge < -0.3 is 4.42 Å². The highest BCUT2D eigenvalue weighted by Crippen LogP contribution is 2.22. The number of nitrogens with one attached hydrogen (secondary N) is 2. The maximum atomic E-state index is 12.1. The van der Waals surface area contributed by atoms with E-state index in [-0.39, 0.29) is 18.6 Å². The number of ketones is 1. The molecule has 0 unspecified atom stereocenters. The molecule has 2 aromatic heterocycles. The first-order valence-corrected chi connectivity index (χ1v) is 7.93. The first-order chi connectivity index (χ1) is 10.9. The van der Waals surface area contributed by atoms with E-state index in [9.17, 15) is 14.4 Å². The fraction of sp³-hybridized carbons (Fsp3) is 0.312. The van der Waals surface area contributed by atoms with Gasteiger partial charge >= 0.3 is 0 Å². The Kier molecular flexibility index (Phi) is 5.33. The van der Waals surface area contributed by atoms with E-state index in [1.54, 1.807) is 18.3 Å². The smallest absolute Gasteiger partial charge is 0.273 e. The molecule has 0 saturated carbocycles. The van der Waals surface area contributed by atoms with Crippen molar-refractivity contribution in [3.63, 3.8) is 0 Å². The van der Waals surface area contributed by atoms with E-state index in [2.05, 4.69) is 10.9 Å². The molecule has 0 fully saturated rings. The number of hydrogen-bond donors (Lipinski definition) is 2. The van der Waals surface area contributed by atoms with Gasteiger partial charge in [0.1, 0.15) is 5.76 Å². The van der Waals surface area contributed by atoms with Crippen molar-refractivity contribution in [2.45, 2.75) is 33.6 Å². The molecule has 0 aliphatic rings. The molecule has 6 nitrogen and oxygen atoms in total. The lowest BCUT2D eigenvalue weighted by atomic mass is 10.1. The van der Waals surface area contributed by atoms with E-state index >= 15 is 0 Å². The molecule has 7 heteroatoms. The molecule has 2 N–H and O–H groups in total. The highest BCUT2D eigenvalue weighted by atomic mass is 32.1. The highest BCUT2D eigenvalue weighted by molar-refractivity contribution is 7.12. The Balaban J connectivity index is 1.79. The van der Waals surface area contributed by atoms with Gasteiger partial charge in [-0.15, -0.1) is 11.3 Å². The fourth-order valence-corrected chi connectivity index (χ4v) is 3.09. The Morgan fingerprint density at radius 2 is 1.83 bits per heavy atom. The van der Waals surface area contributed by atoms with Crippen LogP contribution in [0.2, 0.25) is 0 Å². The first kappa shape index (κ1) is 17.0. The van der Waals surface area contributed by atoms with Gasteiger partial charge in [0.15, 0.2) is 5.78 Å². The van der Waals surface area contributed by atoms with Gasteiger partial charge in [0, 0.05) is 28.2 Å². The topological polar surface area (TPSA) is 88.4 Å². The summed E-state index contributed by atoms with van der Waals surface area (Å²) >= 11 is 1.56. The molecule has 122 valence electrons. The molecule has 2 heterocycles. The minimum absolute atomic E-state index is 0.0117. The predicted molar refractivity (Wildman–Crippen MR) is 86.4 cm³/mol. The molecule has 0 atom stereocenters. The van der Waals surface area contributed by atoms with Crippen LogP contribution in [0.25, 0.3) is 0 Å². The third kappa shape index (κ3) is 4.29. The molecule has 0 radical (unpaired) electrons. The van der Waals surface area contributed by atoms with Gasteiger partial charge in [-0.3, -0.25) is 25.2 Å². The molecule has 0 bridgehead atoms. The number of carbonyl (C=O) groups is 3. The highest BCUT2D eigenvalue weighted by Gasteiger charge is 2.15. The Hall–Kier alpha value is -2.41. The number of hydrazine groups is 1. The number of thiophene rings is 1. The lowest BCUT2D eigenvalue weighted by Gasteiger charge is -2.06.